The smallest absolute Gasteiger partial charge is 0.0915 e. The molecule has 0 aromatic heterocycles. The van der Waals surface area contributed by atoms with Gasteiger partial charge in [0, 0.05) is 17.3 Å². The molecule has 0 saturated carbocycles. The van der Waals surface area contributed by atoms with Gasteiger partial charge in [0.2, 0.25) is 0 Å². The largest absolute Gasteiger partial charge is 0.398 e. The first-order valence-electron chi connectivity index (χ1n) is 4.61. The van der Waals surface area contributed by atoms with Crippen molar-refractivity contribution in [3.63, 3.8) is 0 Å². The number of nitrogens with two attached hydrogens (primary N) is 1. The van der Waals surface area contributed by atoms with E-state index in [4.69, 9.17) is 11.0 Å². The van der Waals surface area contributed by atoms with Crippen LogP contribution in [-0.4, -0.2) is 0 Å². The third kappa shape index (κ3) is 2.14. The van der Waals surface area contributed by atoms with Crippen LogP contribution in [0.2, 0.25) is 0 Å². The van der Waals surface area contributed by atoms with Gasteiger partial charge in [-0.25, -0.2) is 0 Å². The zero-order valence-corrected chi connectivity index (χ0v) is 8.49. The SMILES string of the molecule is CC(C)/C(=C\C#N)c1ccccc1N. The van der Waals surface area contributed by atoms with Crippen molar-refractivity contribution in [1.82, 2.24) is 0 Å². The molecular weight excluding hydrogens is 172 g/mol. The van der Waals surface area contributed by atoms with Gasteiger partial charge in [-0.05, 0) is 17.6 Å². The van der Waals surface area contributed by atoms with Crippen molar-refractivity contribution in [2.75, 3.05) is 5.73 Å². The molecule has 2 N–H and O–H groups in total. The summed E-state index contributed by atoms with van der Waals surface area (Å²) in [7, 11) is 0. The monoisotopic (exact) mass is 186 g/mol. The minimum absolute atomic E-state index is 0.305. The topological polar surface area (TPSA) is 49.8 Å². The number of hydrogen-bond donors (Lipinski definition) is 1. The summed E-state index contributed by atoms with van der Waals surface area (Å²) in [5.74, 6) is 0.305. The molecule has 2 nitrogen and oxygen atoms in total. The Hall–Kier alpha value is -1.75. The van der Waals surface area contributed by atoms with Gasteiger partial charge < -0.3 is 5.73 Å². The van der Waals surface area contributed by atoms with E-state index in [1.54, 1.807) is 6.08 Å². The molecular formula is C12H14N2. The van der Waals surface area contributed by atoms with Gasteiger partial charge in [-0.3, -0.25) is 0 Å². The van der Waals surface area contributed by atoms with Gasteiger partial charge in [0.25, 0.3) is 0 Å². The highest BCUT2D eigenvalue weighted by molar-refractivity contribution is 5.77. The fourth-order valence-corrected chi connectivity index (χ4v) is 1.38. The van der Waals surface area contributed by atoms with E-state index in [9.17, 15) is 0 Å². The summed E-state index contributed by atoms with van der Waals surface area (Å²) in [4.78, 5) is 0. The van der Waals surface area contributed by atoms with E-state index in [0.29, 0.717) is 5.92 Å². The van der Waals surface area contributed by atoms with Crippen molar-refractivity contribution >= 4 is 11.3 Å². The number of nitriles is 1. The molecule has 0 atom stereocenters. The van der Waals surface area contributed by atoms with Crippen LogP contribution < -0.4 is 5.73 Å². The van der Waals surface area contributed by atoms with Gasteiger partial charge in [-0.2, -0.15) is 5.26 Å². The molecule has 14 heavy (non-hydrogen) atoms. The van der Waals surface area contributed by atoms with Crippen LogP contribution in [0.1, 0.15) is 19.4 Å². The summed E-state index contributed by atoms with van der Waals surface area (Å²) >= 11 is 0. The van der Waals surface area contributed by atoms with Gasteiger partial charge in [0.15, 0.2) is 0 Å². The van der Waals surface area contributed by atoms with Crippen LogP contribution in [0.5, 0.6) is 0 Å². The Balaban J connectivity index is 3.21. The van der Waals surface area contributed by atoms with Crippen LogP contribution in [0.15, 0.2) is 30.3 Å². The second kappa shape index (κ2) is 4.48. The predicted molar refractivity (Wildman–Crippen MR) is 59.3 cm³/mol. The molecule has 0 aliphatic carbocycles. The lowest BCUT2D eigenvalue weighted by Gasteiger charge is -2.12. The van der Waals surface area contributed by atoms with Crippen molar-refractivity contribution in [3.8, 4) is 6.07 Å². The van der Waals surface area contributed by atoms with Crippen molar-refractivity contribution in [3.05, 3.63) is 35.9 Å². The lowest BCUT2D eigenvalue weighted by Crippen LogP contribution is -1.98. The van der Waals surface area contributed by atoms with Crippen LogP contribution in [0.3, 0.4) is 0 Å². The average Bonchev–Trinajstić information content (AvgIpc) is 2.15. The molecule has 72 valence electrons. The molecule has 0 unspecified atom stereocenters. The van der Waals surface area contributed by atoms with Crippen molar-refractivity contribution in [1.29, 1.82) is 5.26 Å². The molecule has 0 radical (unpaired) electrons. The Bertz CT molecular complexity index is 384. The Kier molecular flexibility index (Phi) is 3.30. The zero-order chi connectivity index (χ0) is 10.6. The highest BCUT2D eigenvalue weighted by atomic mass is 14.6. The van der Waals surface area contributed by atoms with E-state index < -0.39 is 0 Å². The maximum atomic E-state index is 8.67. The first-order valence-corrected chi connectivity index (χ1v) is 4.61. The second-order valence-electron chi connectivity index (χ2n) is 3.47. The minimum Gasteiger partial charge on any atom is -0.398 e. The highest BCUT2D eigenvalue weighted by Crippen LogP contribution is 2.27. The van der Waals surface area contributed by atoms with Gasteiger partial charge in [-0.1, -0.05) is 32.0 Å². The third-order valence-electron chi connectivity index (χ3n) is 2.11. The third-order valence-corrected chi connectivity index (χ3v) is 2.11. The van der Waals surface area contributed by atoms with Crippen LogP contribution in [0.4, 0.5) is 5.69 Å². The number of anilines is 1. The second-order valence-corrected chi connectivity index (χ2v) is 3.47. The highest BCUT2D eigenvalue weighted by Gasteiger charge is 2.08. The molecule has 0 fully saturated rings. The number of hydrogen-bond acceptors (Lipinski definition) is 2. The zero-order valence-electron chi connectivity index (χ0n) is 8.49. The molecule has 0 amide bonds. The maximum absolute atomic E-state index is 8.67. The molecule has 0 bridgehead atoms. The van der Waals surface area contributed by atoms with E-state index in [-0.39, 0.29) is 0 Å². The van der Waals surface area contributed by atoms with Crippen molar-refractivity contribution in [2.45, 2.75) is 13.8 Å². The molecule has 0 aliphatic rings. The average molecular weight is 186 g/mol. The van der Waals surface area contributed by atoms with Gasteiger partial charge in [0.05, 0.1) is 6.07 Å². The van der Waals surface area contributed by atoms with Crippen LogP contribution in [0.25, 0.3) is 5.57 Å². The summed E-state index contributed by atoms with van der Waals surface area (Å²) in [6.45, 7) is 4.10. The fourth-order valence-electron chi connectivity index (χ4n) is 1.38. The Morgan fingerprint density at radius 2 is 2.07 bits per heavy atom. The Morgan fingerprint density at radius 3 is 2.57 bits per heavy atom. The number of nitrogen functional groups attached to an aromatic ring is 1. The summed E-state index contributed by atoms with van der Waals surface area (Å²) in [6, 6.07) is 9.67. The number of rotatable bonds is 2. The van der Waals surface area contributed by atoms with Gasteiger partial charge in [0.1, 0.15) is 0 Å². The molecule has 0 heterocycles. The first kappa shape index (κ1) is 10.3. The van der Waals surface area contributed by atoms with E-state index >= 15 is 0 Å². The standard InChI is InChI=1S/C12H14N2/c1-9(2)10(7-8-13)11-5-3-4-6-12(11)14/h3-7,9H,14H2,1-2H3/b10-7+. The van der Waals surface area contributed by atoms with Gasteiger partial charge >= 0.3 is 0 Å². The molecule has 1 aromatic carbocycles. The molecule has 0 saturated heterocycles. The van der Waals surface area contributed by atoms with Crippen molar-refractivity contribution in [2.24, 2.45) is 5.92 Å². The summed E-state index contributed by atoms with van der Waals surface area (Å²) in [5.41, 5.74) is 8.52. The Morgan fingerprint density at radius 1 is 1.43 bits per heavy atom. The number of nitrogens with zero attached hydrogens (tertiary/aromatic N) is 1. The van der Waals surface area contributed by atoms with Crippen LogP contribution >= 0.6 is 0 Å². The maximum Gasteiger partial charge on any atom is 0.0915 e. The molecule has 2 heteroatoms. The number of benzene rings is 1. The van der Waals surface area contributed by atoms with E-state index in [2.05, 4.69) is 19.9 Å². The molecule has 0 spiro atoms. The normalized spacial score (nSPS) is 11.4. The van der Waals surface area contributed by atoms with Crippen LogP contribution in [-0.2, 0) is 0 Å². The molecule has 0 aliphatic heterocycles. The van der Waals surface area contributed by atoms with E-state index in [1.807, 2.05) is 24.3 Å². The van der Waals surface area contributed by atoms with Gasteiger partial charge in [-0.15, -0.1) is 0 Å². The fraction of sp³-hybridized carbons (Fsp3) is 0.250. The quantitative estimate of drug-likeness (QED) is 0.570. The number of allylic oxidation sites excluding steroid dienone is 2. The summed E-state index contributed by atoms with van der Waals surface area (Å²) < 4.78 is 0. The summed E-state index contributed by atoms with van der Waals surface area (Å²) in [5, 5.41) is 8.67. The Labute approximate surface area is 84.7 Å². The van der Waals surface area contributed by atoms with Crippen molar-refractivity contribution < 1.29 is 0 Å². The summed E-state index contributed by atoms with van der Waals surface area (Å²) in [6.07, 6.45) is 1.57. The molecule has 1 aromatic rings. The predicted octanol–water partition coefficient (Wildman–Crippen LogP) is 2.83. The lowest BCUT2D eigenvalue weighted by molar-refractivity contribution is 0.856. The molecule has 1 rings (SSSR count). The van der Waals surface area contributed by atoms with E-state index in [1.165, 1.54) is 0 Å². The number of para-hydroxylation sites is 1. The van der Waals surface area contributed by atoms with E-state index in [0.717, 1.165) is 16.8 Å². The first-order chi connectivity index (χ1) is 6.66. The minimum atomic E-state index is 0.305. The lowest BCUT2D eigenvalue weighted by atomic mass is 9.94. The van der Waals surface area contributed by atoms with Crippen LogP contribution in [0, 0.1) is 17.2 Å².